The van der Waals surface area contributed by atoms with Gasteiger partial charge in [-0.05, 0) is 64.2 Å². The molecule has 0 aliphatic rings. The van der Waals surface area contributed by atoms with Gasteiger partial charge < -0.3 is 5.11 Å². The Kier molecular flexibility index (Phi) is 8.54. The van der Waals surface area contributed by atoms with Gasteiger partial charge in [0.05, 0.1) is 24.3 Å². The van der Waals surface area contributed by atoms with E-state index in [1.807, 2.05) is 0 Å². The molecular formula is C30H26F5N7O2. The summed E-state index contributed by atoms with van der Waals surface area (Å²) in [4.78, 5) is 16.7. The highest BCUT2D eigenvalue weighted by atomic mass is 19.4. The van der Waals surface area contributed by atoms with Gasteiger partial charge in [-0.3, -0.25) is 0 Å². The zero-order valence-corrected chi connectivity index (χ0v) is 23.2. The van der Waals surface area contributed by atoms with Crippen LogP contribution in [0.2, 0.25) is 0 Å². The lowest BCUT2D eigenvalue weighted by Gasteiger charge is -2.34. The number of nitrogens with zero attached hydrogens (tertiary/aromatic N) is 7. The molecule has 228 valence electrons. The molecule has 0 spiro atoms. The predicted molar refractivity (Wildman–Crippen MR) is 149 cm³/mol. The van der Waals surface area contributed by atoms with Gasteiger partial charge in [0.15, 0.2) is 0 Å². The smallest absolute Gasteiger partial charge is 0.383 e. The molecule has 2 heterocycles. The van der Waals surface area contributed by atoms with E-state index >= 15 is 0 Å². The summed E-state index contributed by atoms with van der Waals surface area (Å²) in [5.74, 6) is -2.15. The quantitative estimate of drug-likeness (QED) is 0.223. The zero-order chi connectivity index (χ0) is 31.5. The molecule has 2 atom stereocenters. The van der Waals surface area contributed by atoms with Gasteiger partial charge in [0.1, 0.15) is 29.9 Å². The van der Waals surface area contributed by atoms with E-state index in [0.29, 0.717) is 17.7 Å². The molecule has 0 bridgehead atoms. The number of aromatic nitrogens is 7. The van der Waals surface area contributed by atoms with Crippen LogP contribution in [0, 0.1) is 17.6 Å². The highest BCUT2D eigenvalue weighted by Gasteiger charge is 2.38. The van der Waals surface area contributed by atoms with Gasteiger partial charge in [-0.2, -0.15) is 27.6 Å². The Bertz CT molecular complexity index is 1800. The lowest BCUT2D eigenvalue weighted by Crippen LogP contribution is -2.39. The van der Waals surface area contributed by atoms with Crippen molar-refractivity contribution in [3.8, 4) is 5.69 Å². The Morgan fingerprint density at radius 1 is 0.977 bits per heavy atom. The van der Waals surface area contributed by atoms with Crippen molar-refractivity contribution in [2.75, 3.05) is 0 Å². The van der Waals surface area contributed by atoms with Gasteiger partial charge >= 0.3 is 11.9 Å². The number of tetrazole rings is 1. The molecule has 0 saturated carbocycles. The summed E-state index contributed by atoms with van der Waals surface area (Å²) in [6.07, 6.45) is 2.16. The molecule has 1 N–H and O–H groups in total. The van der Waals surface area contributed by atoms with Crippen LogP contribution >= 0.6 is 0 Å². The van der Waals surface area contributed by atoms with Crippen molar-refractivity contribution in [3.05, 3.63) is 130 Å². The lowest BCUT2D eigenvalue weighted by atomic mass is 9.80. The Morgan fingerprint density at radius 3 is 2.34 bits per heavy atom. The van der Waals surface area contributed by atoms with Gasteiger partial charge in [0.25, 0.3) is 0 Å². The lowest BCUT2D eigenvalue weighted by molar-refractivity contribution is -0.137. The first kappa shape index (κ1) is 30.5. The zero-order valence-electron chi connectivity index (χ0n) is 23.2. The maximum Gasteiger partial charge on any atom is 0.416 e. The molecule has 0 unspecified atom stereocenters. The molecule has 2 aromatic heterocycles. The van der Waals surface area contributed by atoms with Crippen LogP contribution in [0.25, 0.3) is 11.8 Å². The number of halogens is 5. The van der Waals surface area contributed by atoms with E-state index in [-0.39, 0.29) is 18.7 Å². The fraction of sp³-hybridized carbons (Fsp3) is 0.233. The van der Waals surface area contributed by atoms with E-state index in [9.17, 15) is 31.9 Å². The van der Waals surface area contributed by atoms with Crippen LogP contribution in [0.5, 0.6) is 0 Å². The molecule has 5 rings (SSSR count). The normalized spacial score (nSPS) is 14.2. The molecule has 14 heteroatoms. The maximum absolute atomic E-state index is 14.8. The average Bonchev–Trinajstić information content (AvgIpc) is 3.62. The average molecular weight is 612 g/mol. The van der Waals surface area contributed by atoms with Crippen LogP contribution in [0.1, 0.15) is 35.6 Å². The van der Waals surface area contributed by atoms with Crippen molar-refractivity contribution >= 4 is 6.08 Å². The molecule has 5 aromatic rings. The van der Waals surface area contributed by atoms with Gasteiger partial charge in [-0.15, -0.1) is 0 Å². The topological polar surface area (TPSA) is 104 Å². The van der Waals surface area contributed by atoms with Crippen molar-refractivity contribution in [2.45, 2.75) is 38.2 Å². The van der Waals surface area contributed by atoms with Crippen molar-refractivity contribution in [2.24, 2.45) is 5.92 Å². The Hall–Kier alpha value is -4.98. The van der Waals surface area contributed by atoms with Crippen LogP contribution < -0.4 is 5.69 Å². The van der Waals surface area contributed by atoms with E-state index in [0.717, 1.165) is 39.2 Å². The molecule has 0 aliphatic heterocycles. The minimum atomic E-state index is -4.45. The standard InChI is InChI=1S/C30H26F5N7O2/c1-20(29(44,17-40-19-36-18-37-40)26-14-11-24(31)15-27(26)32)3-2-4-21-7-12-25(13-8-21)42-28(43)41(38-39-42)16-22-5-9-23(10-6-22)30(33,34)35/h2,4-15,18-20,44H,3,16-17H2,1H3/b4-2+/t20-,29+/m0/s1. The second-order valence-electron chi connectivity index (χ2n) is 10.3. The number of hydrogen-bond acceptors (Lipinski definition) is 6. The molecule has 9 nitrogen and oxygen atoms in total. The Balaban J connectivity index is 1.27. The maximum atomic E-state index is 14.8. The summed E-state index contributed by atoms with van der Waals surface area (Å²) < 4.78 is 70.3. The van der Waals surface area contributed by atoms with Crippen LogP contribution in [0.15, 0.2) is 90.3 Å². The first-order valence-electron chi connectivity index (χ1n) is 13.4. The largest absolute Gasteiger partial charge is 0.416 e. The van der Waals surface area contributed by atoms with Gasteiger partial charge in [-0.25, -0.2) is 23.2 Å². The Morgan fingerprint density at radius 2 is 1.70 bits per heavy atom. The summed E-state index contributed by atoms with van der Waals surface area (Å²) in [5, 5.41) is 23.4. The van der Waals surface area contributed by atoms with Crippen LogP contribution in [-0.2, 0) is 24.9 Å². The van der Waals surface area contributed by atoms with Gasteiger partial charge in [0, 0.05) is 11.6 Å². The second-order valence-corrected chi connectivity index (χ2v) is 10.3. The molecule has 0 aliphatic carbocycles. The highest BCUT2D eigenvalue weighted by Crippen LogP contribution is 2.36. The molecule has 44 heavy (non-hydrogen) atoms. The van der Waals surface area contributed by atoms with Crippen molar-refractivity contribution in [1.82, 2.24) is 34.6 Å². The minimum Gasteiger partial charge on any atom is -0.383 e. The monoisotopic (exact) mass is 611 g/mol. The third-order valence-electron chi connectivity index (χ3n) is 7.27. The number of hydrogen-bond donors (Lipinski definition) is 1. The number of rotatable bonds is 10. The molecule has 0 fully saturated rings. The predicted octanol–water partition coefficient (Wildman–Crippen LogP) is 4.99. The van der Waals surface area contributed by atoms with Crippen molar-refractivity contribution in [3.63, 3.8) is 0 Å². The number of alkyl halides is 3. The fourth-order valence-electron chi connectivity index (χ4n) is 4.75. The molecule has 0 saturated heterocycles. The van der Waals surface area contributed by atoms with E-state index in [1.54, 1.807) is 43.3 Å². The van der Waals surface area contributed by atoms with Crippen molar-refractivity contribution < 1.29 is 27.1 Å². The molecule has 0 amide bonds. The summed E-state index contributed by atoms with van der Waals surface area (Å²) >= 11 is 0. The Labute approximate surface area is 247 Å². The highest BCUT2D eigenvalue weighted by molar-refractivity contribution is 5.51. The van der Waals surface area contributed by atoms with Crippen molar-refractivity contribution in [1.29, 1.82) is 0 Å². The summed E-state index contributed by atoms with van der Waals surface area (Å²) in [7, 11) is 0. The third-order valence-corrected chi connectivity index (χ3v) is 7.27. The van der Waals surface area contributed by atoms with E-state index in [4.69, 9.17) is 0 Å². The second kappa shape index (κ2) is 12.3. The van der Waals surface area contributed by atoms with Gasteiger partial charge in [0.2, 0.25) is 0 Å². The SMILES string of the molecule is C[C@@H](C/C=C/c1ccc(-n2nnn(Cc3ccc(C(F)(F)F)cc3)c2=O)cc1)[C@](O)(Cn1cncn1)c1ccc(F)cc1F. The summed E-state index contributed by atoms with van der Waals surface area (Å²) in [6, 6.07) is 14.3. The van der Waals surface area contributed by atoms with E-state index in [2.05, 4.69) is 20.5 Å². The van der Waals surface area contributed by atoms with Crippen LogP contribution in [-0.4, -0.2) is 39.7 Å². The number of benzene rings is 3. The third kappa shape index (κ3) is 6.64. The van der Waals surface area contributed by atoms with E-state index < -0.39 is 40.6 Å². The molecular weight excluding hydrogens is 585 g/mol. The summed E-state index contributed by atoms with van der Waals surface area (Å²) in [5.41, 5.74) is -1.50. The van der Waals surface area contributed by atoms with Gasteiger partial charge in [-0.1, -0.05) is 49.4 Å². The van der Waals surface area contributed by atoms with Crippen LogP contribution in [0.4, 0.5) is 22.0 Å². The number of aliphatic hydroxyl groups is 1. The fourth-order valence-corrected chi connectivity index (χ4v) is 4.75. The van der Waals surface area contributed by atoms with Crippen LogP contribution in [0.3, 0.4) is 0 Å². The van der Waals surface area contributed by atoms with E-state index in [1.165, 1.54) is 35.5 Å². The first-order chi connectivity index (χ1) is 20.9. The first-order valence-corrected chi connectivity index (χ1v) is 13.4. The minimum absolute atomic E-state index is 0.0545. The number of allylic oxidation sites excluding steroid dienone is 1. The molecule has 3 aromatic carbocycles. The summed E-state index contributed by atoms with van der Waals surface area (Å²) in [6.45, 7) is 1.59. The molecule has 0 radical (unpaired) electrons.